The lowest BCUT2D eigenvalue weighted by Gasteiger charge is -2.39. The molecule has 8 heteroatoms. The van der Waals surface area contributed by atoms with Crippen LogP contribution in [0.15, 0.2) is 48.8 Å². The van der Waals surface area contributed by atoms with Gasteiger partial charge in [0.05, 0.1) is 13.7 Å². The molecule has 0 radical (unpaired) electrons. The van der Waals surface area contributed by atoms with Gasteiger partial charge in [0.1, 0.15) is 24.6 Å². The van der Waals surface area contributed by atoms with Crippen LogP contribution in [0.4, 0.5) is 0 Å². The summed E-state index contributed by atoms with van der Waals surface area (Å²) in [5.74, 6) is 2.15. The largest absolute Gasteiger partial charge is 0.493 e. The quantitative estimate of drug-likeness (QED) is 0.438. The van der Waals surface area contributed by atoms with Gasteiger partial charge in [-0.2, -0.15) is 5.10 Å². The highest BCUT2D eigenvalue weighted by atomic mass is 35.5. The molecule has 0 amide bonds. The van der Waals surface area contributed by atoms with Crippen molar-refractivity contribution in [3.05, 3.63) is 70.5 Å². The van der Waals surface area contributed by atoms with Gasteiger partial charge < -0.3 is 19.3 Å². The molecule has 1 atom stereocenters. The zero-order chi connectivity index (χ0) is 24.8. The number of rotatable bonds is 10. The zero-order valence-electron chi connectivity index (χ0n) is 20.7. The van der Waals surface area contributed by atoms with Crippen molar-refractivity contribution < 1.29 is 19.3 Å². The summed E-state index contributed by atoms with van der Waals surface area (Å²) in [6.45, 7) is 7.49. The Kier molecular flexibility index (Phi) is 8.21. The number of aryl methyl sites for hydroxylation is 2. The molecule has 4 rings (SSSR count). The summed E-state index contributed by atoms with van der Waals surface area (Å²) in [6.07, 6.45) is 5.28. The third kappa shape index (κ3) is 6.69. The van der Waals surface area contributed by atoms with Crippen molar-refractivity contribution in [3.63, 3.8) is 0 Å². The minimum absolute atomic E-state index is 0.244. The first-order valence-electron chi connectivity index (χ1n) is 12.0. The van der Waals surface area contributed by atoms with Crippen LogP contribution in [-0.4, -0.2) is 58.8 Å². The highest BCUT2D eigenvalue weighted by Gasteiger charge is 2.34. The summed E-state index contributed by atoms with van der Waals surface area (Å²) in [4.78, 5) is 2.26. The molecule has 0 spiro atoms. The molecule has 7 nitrogen and oxygen atoms in total. The second-order valence-corrected chi connectivity index (χ2v) is 9.68. The van der Waals surface area contributed by atoms with Gasteiger partial charge in [0.15, 0.2) is 11.5 Å². The van der Waals surface area contributed by atoms with Crippen LogP contribution in [0.2, 0.25) is 5.02 Å². The molecule has 1 fully saturated rings. The molecule has 35 heavy (non-hydrogen) atoms. The Hall–Kier alpha value is -2.74. The summed E-state index contributed by atoms with van der Waals surface area (Å²) < 4.78 is 19.3. The molecule has 0 aliphatic carbocycles. The van der Waals surface area contributed by atoms with E-state index in [1.807, 2.05) is 61.1 Å². The third-order valence-electron chi connectivity index (χ3n) is 6.32. The van der Waals surface area contributed by atoms with Crippen LogP contribution in [-0.2, 0) is 13.1 Å². The highest BCUT2D eigenvalue weighted by molar-refractivity contribution is 6.32. The third-order valence-corrected chi connectivity index (χ3v) is 6.92. The van der Waals surface area contributed by atoms with Crippen molar-refractivity contribution >= 4 is 11.6 Å². The van der Waals surface area contributed by atoms with Gasteiger partial charge >= 0.3 is 0 Å². The molecular weight excluding hydrogens is 466 g/mol. The fourth-order valence-electron chi connectivity index (χ4n) is 4.54. The van der Waals surface area contributed by atoms with Crippen LogP contribution < -0.4 is 14.2 Å². The van der Waals surface area contributed by atoms with E-state index in [1.165, 1.54) is 0 Å². The Morgan fingerprint density at radius 2 is 1.91 bits per heavy atom. The van der Waals surface area contributed by atoms with E-state index in [4.69, 9.17) is 25.8 Å². The van der Waals surface area contributed by atoms with Crippen LogP contribution in [0.25, 0.3) is 0 Å². The molecule has 1 N–H and O–H groups in total. The van der Waals surface area contributed by atoms with Crippen molar-refractivity contribution in [2.24, 2.45) is 0 Å². The average Bonchev–Trinajstić information content (AvgIpc) is 3.35. The summed E-state index contributed by atoms with van der Waals surface area (Å²) in [5.41, 5.74) is 2.14. The first-order chi connectivity index (χ1) is 16.8. The van der Waals surface area contributed by atoms with E-state index in [-0.39, 0.29) is 6.61 Å². The number of hydrogen-bond acceptors (Lipinski definition) is 6. The van der Waals surface area contributed by atoms with Crippen molar-refractivity contribution in [3.8, 4) is 17.2 Å². The number of hydrogen-bond donors (Lipinski definition) is 1. The molecular formula is C27H34ClN3O4. The predicted octanol–water partition coefficient (Wildman–Crippen LogP) is 4.65. The minimum Gasteiger partial charge on any atom is -0.493 e. The number of ether oxygens (including phenoxy) is 3. The maximum atomic E-state index is 11.3. The summed E-state index contributed by atoms with van der Waals surface area (Å²) >= 11 is 6.27. The lowest BCUT2D eigenvalue weighted by Crippen LogP contribution is -2.51. The average molecular weight is 500 g/mol. The predicted molar refractivity (Wildman–Crippen MR) is 137 cm³/mol. The maximum Gasteiger partial charge on any atom is 0.161 e. The number of likely N-dealkylation sites (tertiary alicyclic amines) is 1. The second-order valence-electron chi connectivity index (χ2n) is 9.30. The highest BCUT2D eigenvalue weighted by Crippen LogP contribution is 2.31. The normalized spacial score (nSPS) is 18.4. The molecule has 1 aliphatic heterocycles. The van der Waals surface area contributed by atoms with Gasteiger partial charge in [0.2, 0.25) is 0 Å². The Morgan fingerprint density at radius 3 is 2.63 bits per heavy atom. The number of halogens is 1. The van der Waals surface area contributed by atoms with Crippen molar-refractivity contribution in [1.29, 1.82) is 0 Å². The molecule has 2 aromatic carbocycles. The summed E-state index contributed by atoms with van der Waals surface area (Å²) in [6, 6.07) is 11.7. The number of β-amino-alcohol motifs (C(OH)–C–C–N with tert-alkyl or cyclic N) is 1. The van der Waals surface area contributed by atoms with Gasteiger partial charge in [-0.3, -0.25) is 9.58 Å². The van der Waals surface area contributed by atoms with E-state index < -0.39 is 5.60 Å². The molecule has 0 saturated carbocycles. The topological polar surface area (TPSA) is 69.0 Å². The minimum atomic E-state index is -0.907. The Bertz CT molecular complexity index is 1100. The Morgan fingerprint density at radius 1 is 1.11 bits per heavy atom. The van der Waals surface area contributed by atoms with Crippen molar-refractivity contribution in [1.82, 2.24) is 14.7 Å². The molecule has 0 bridgehead atoms. The molecule has 1 aromatic heterocycles. The van der Waals surface area contributed by atoms with E-state index >= 15 is 0 Å². The maximum absolute atomic E-state index is 11.3. The molecule has 188 valence electrons. The molecule has 2 heterocycles. The van der Waals surface area contributed by atoms with Crippen molar-refractivity contribution in [2.45, 2.75) is 45.4 Å². The number of piperidine rings is 1. The van der Waals surface area contributed by atoms with Crippen LogP contribution in [0.3, 0.4) is 0 Å². The molecule has 0 unspecified atom stereocenters. The van der Waals surface area contributed by atoms with Gasteiger partial charge in [-0.1, -0.05) is 17.7 Å². The number of benzene rings is 2. The van der Waals surface area contributed by atoms with Crippen LogP contribution >= 0.6 is 11.6 Å². The van der Waals surface area contributed by atoms with E-state index in [9.17, 15) is 5.11 Å². The van der Waals surface area contributed by atoms with Gasteiger partial charge in [-0.15, -0.1) is 0 Å². The van der Waals surface area contributed by atoms with Crippen LogP contribution in [0, 0.1) is 13.8 Å². The molecule has 1 saturated heterocycles. The van der Waals surface area contributed by atoms with Crippen molar-refractivity contribution in [2.75, 3.05) is 33.4 Å². The zero-order valence-corrected chi connectivity index (χ0v) is 21.4. The van der Waals surface area contributed by atoms with Gasteiger partial charge in [0, 0.05) is 30.5 Å². The Balaban J connectivity index is 1.36. The molecule has 3 aromatic rings. The van der Waals surface area contributed by atoms with Crippen LogP contribution in [0.5, 0.6) is 17.2 Å². The first kappa shape index (κ1) is 25.4. The van der Waals surface area contributed by atoms with Gasteiger partial charge in [-0.25, -0.2) is 0 Å². The van der Waals surface area contributed by atoms with Crippen LogP contribution in [0.1, 0.15) is 29.5 Å². The fraction of sp³-hybridized carbons (Fsp3) is 0.444. The number of aliphatic hydroxyl groups is 1. The van der Waals surface area contributed by atoms with E-state index in [0.29, 0.717) is 44.2 Å². The van der Waals surface area contributed by atoms with Gasteiger partial charge in [-0.05, 0) is 80.3 Å². The SMILES string of the molecule is COc1ccc(CN2CCC[C@@](O)(COc3cc(C)c(Cl)c(C)c3)C2)cc1OCCn1cccn1. The number of nitrogens with zero attached hydrogens (tertiary/aromatic N) is 3. The number of methoxy groups -OCH3 is 1. The Labute approximate surface area is 212 Å². The fourth-order valence-corrected chi connectivity index (χ4v) is 4.65. The van der Waals surface area contributed by atoms with E-state index in [0.717, 1.165) is 40.4 Å². The van der Waals surface area contributed by atoms with E-state index in [1.54, 1.807) is 13.3 Å². The standard InChI is InChI=1S/C27H34ClN3O4/c1-20-14-23(15-21(2)26(20)28)35-19-27(32)8-4-10-30(18-27)17-22-6-7-24(33-3)25(16-22)34-13-12-31-11-5-9-29-31/h5-7,9,11,14-16,32H,4,8,10,12-13,17-19H2,1-3H3/t27-/m0/s1. The number of aromatic nitrogens is 2. The summed E-state index contributed by atoms with van der Waals surface area (Å²) in [7, 11) is 1.64. The lowest BCUT2D eigenvalue weighted by atomic mass is 9.93. The van der Waals surface area contributed by atoms with E-state index in [2.05, 4.69) is 10.00 Å². The smallest absolute Gasteiger partial charge is 0.161 e. The van der Waals surface area contributed by atoms with Gasteiger partial charge in [0.25, 0.3) is 0 Å². The monoisotopic (exact) mass is 499 g/mol. The summed E-state index contributed by atoms with van der Waals surface area (Å²) in [5, 5.41) is 16.2. The molecule has 1 aliphatic rings. The lowest BCUT2D eigenvalue weighted by molar-refractivity contribution is -0.0621. The second kappa shape index (κ2) is 11.3. The first-order valence-corrected chi connectivity index (χ1v) is 12.3.